The van der Waals surface area contributed by atoms with Crippen molar-refractivity contribution in [2.75, 3.05) is 26.4 Å². The summed E-state index contributed by atoms with van der Waals surface area (Å²) in [5, 5.41) is 0. The van der Waals surface area contributed by atoms with Gasteiger partial charge in [-0.25, -0.2) is 0 Å². The minimum absolute atomic E-state index is 0.636. The number of hydrogen-bond donors (Lipinski definition) is 0. The Labute approximate surface area is 133 Å². The van der Waals surface area contributed by atoms with Crippen molar-refractivity contribution in [3.8, 4) is 0 Å². The lowest BCUT2D eigenvalue weighted by atomic mass is 10.3. The SMILES string of the molecule is CCCCCO[Si](OCCC)(OCCC)OCCCCC. The molecular formula is C16H36O4Si. The molecule has 0 N–H and O–H groups in total. The highest BCUT2D eigenvalue weighted by Gasteiger charge is 2.45. The van der Waals surface area contributed by atoms with Crippen molar-refractivity contribution in [1.82, 2.24) is 0 Å². The Bertz CT molecular complexity index is 192. The summed E-state index contributed by atoms with van der Waals surface area (Å²) >= 11 is 0. The number of rotatable bonds is 16. The van der Waals surface area contributed by atoms with Gasteiger partial charge in [-0.15, -0.1) is 0 Å². The Morgan fingerprint density at radius 1 is 0.476 bits per heavy atom. The van der Waals surface area contributed by atoms with Crippen LogP contribution in [0.4, 0.5) is 0 Å². The Morgan fingerprint density at radius 3 is 1.19 bits per heavy atom. The second kappa shape index (κ2) is 15.0. The lowest BCUT2D eigenvalue weighted by Crippen LogP contribution is -2.50. The van der Waals surface area contributed by atoms with Gasteiger partial charge in [-0.05, 0) is 25.7 Å². The van der Waals surface area contributed by atoms with E-state index in [4.69, 9.17) is 17.7 Å². The van der Waals surface area contributed by atoms with Gasteiger partial charge in [-0.1, -0.05) is 53.4 Å². The molecule has 0 saturated heterocycles. The highest BCUT2D eigenvalue weighted by molar-refractivity contribution is 6.53. The molecule has 0 spiro atoms. The third-order valence-electron chi connectivity index (χ3n) is 3.02. The summed E-state index contributed by atoms with van der Waals surface area (Å²) in [4.78, 5) is 0. The molecule has 0 aromatic carbocycles. The topological polar surface area (TPSA) is 36.9 Å². The molecule has 0 aliphatic carbocycles. The molecule has 5 heteroatoms. The smallest absolute Gasteiger partial charge is 0.351 e. The van der Waals surface area contributed by atoms with E-state index in [-0.39, 0.29) is 0 Å². The summed E-state index contributed by atoms with van der Waals surface area (Å²) in [6.45, 7) is 11.2. The van der Waals surface area contributed by atoms with Gasteiger partial charge in [0, 0.05) is 26.4 Å². The van der Waals surface area contributed by atoms with Crippen molar-refractivity contribution in [3.05, 3.63) is 0 Å². The van der Waals surface area contributed by atoms with Crippen LogP contribution in [0.25, 0.3) is 0 Å². The molecule has 0 aliphatic heterocycles. The quantitative estimate of drug-likeness (QED) is 0.305. The van der Waals surface area contributed by atoms with Gasteiger partial charge >= 0.3 is 9.05 Å². The molecule has 0 rings (SSSR count). The van der Waals surface area contributed by atoms with E-state index >= 15 is 0 Å². The Balaban J connectivity index is 4.43. The van der Waals surface area contributed by atoms with E-state index in [9.17, 15) is 0 Å². The van der Waals surface area contributed by atoms with Crippen molar-refractivity contribution in [1.29, 1.82) is 0 Å². The van der Waals surface area contributed by atoms with Crippen molar-refractivity contribution in [3.63, 3.8) is 0 Å². The van der Waals surface area contributed by atoms with Gasteiger partial charge in [0.2, 0.25) is 0 Å². The van der Waals surface area contributed by atoms with E-state index in [1.54, 1.807) is 0 Å². The van der Waals surface area contributed by atoms with Crippen LogP contribution in [0.2, 0.25) is 0 Å². The molecule has 4 nitrogen and oxygen atoms in total. The zero-order chi connectivity index (χ0) is 15.8. The Kier molecular flexibility index (Phi) is 15.0. The van der Waals surface area contributed by atoms with Crippen molar-refractivity contribution in [2.45, 2.75) is 79.1 Å². The molecule has 0 bridgehead atoms. The van der Waals surface area contributed by atoms with Crippen LogP contribution < -0.4 is 0 Å². The maximum atomic E-state index is 5.99. The minimum Gasteiger partial charge on any atom is -0.351 e. The van der Waals surface area contributed by atoms with Crippen molar-refractivity contribution < 1.29 is 17.7 Å². The van der Waals surface area contributed by atoms with E-state index in [2.05, 4.69) is 27.7 Å². The van der Waals surface area contributed by atoms with Crippen LogP contribution in [-0.2, 0) is 17.7 Å². The first-order chi connectivity index (χ1) is 10.2. The molecule has 0 aliphatic rings. The third-order valence-corrected chi connectivity index (χ3v) is 5.25. The maximum Gasteiger partial charge on any atom is 0.679 e. The summed E-state index contributed by atoms with van der Waals surface area (Å²) in [5.74, 6) is 0. The molecule has 0 saturated carbocycles. The van der Waals surface area contributed by atoms with E-state index < -0.39 is 9.05 Å². The predicted octanol–water partition coefficient (Wildman–Crippen LogP) is 4.69. The van der Waals surface area contributed by atoms with Crippen molar-refractivity contribution in [2.24, 2.45) is 0 Å². The van der Waals surface area contributed by atoms with Gasteiger partial charge < -0.3 is 17.7 Å². The zero-order valence-electron chi connectivity index (χ0n) is 14.6. The molecule has 0 aromatic heterocycles. The molecule has 0 unspecified atom stereocenters. The van der Waals surface area contributed by atoms with Gasteiger partial charge in [0.05, 0.1) is 0 Å². The average molecular weight is 321 g/mol. The molecule has 0 aromatic rings. The average Bonchev–Trinajstić information content (AvgIpc) is 2.51. The van der Waals surface area contributed by atoms with Crippen LogP contribution in [-0.4, -0.2) is 35.5 Å². The van der Waals surface area contributed by atoms with Gasteiger partial charge in [-0.2, -0.15) is 0 Å². The highest BCUT2D eigenvalue weighted by atomic mass is 28.4. The van der Waals surface area contributed by atoms with Crippen LogP contribution in [0, 0.1) is 0 Å². The lowest BCUT2D eigenvalue weighted by Gasteiger charge is -2.28. The second-order valence-electron chi connectivity index (χ2n) is 5.31. The lowest BCUT2D eigenvalue weighted by molar-refractivity contribution is -0.0360. The molecule has 0 heterocycles. The molecule has 0 amide bonds. The summed E-state index contributed by atoms with van der Waals surface area (Å²) < 4.78 is 23.8. The highest BCUT2D eigenvalue weighted by Crippen LogP contribution is 2.15. The van der Waals surface area contributed by atoms with Crippen LogP contribution in [0.5, 0.6) is 0 Å². The Morgan fingerprint density at radius 2 is 0.857 bits per heavy atom. The maximum absolute atomic E-state index is 5.99. The standard InChI is InChI=1S/C16H36O4Si/c1-5-9-11-15-19-21(17-13-7-3,18-14-8-4)20-16-12-10-6-2/h5-16H2,1-4H3. The van der Waals surface area contributed by atoms with Crippen LogP contribution in [0.1, 0.15) is 79.1 Å². The summed E-state index contributed by atoms with van der Waals surface area (Å²) in [7, 11) is -2.94. The van der Waals surface area contributed by atoms with Crippen LogP contribution in [0.3, 0.4) is 0 Å². The van der Waals surface area contributed by atoms with Gasteiger partial charge in [0.25, 0.3) is 0 Å². The van der Waals surface area contributed by atoms with Crippen LogP contribution in [0.15, 0.2) is 0 Å². The van der Waals surface area contributed by atoms with E-state index in [0.717, 1.165) is 25.7 Å². The second-order valence-corrected chi connectivity index (χ2v) is 7.46. The van der Waals surface area contributed by atoms with Gasteiger partial charge in [0.1, 0.15) is 0 Å². The Hall–Kier alpha value is 0.0569. The molecule has 0 atom stereocenters. The fourth-order valence-corrected chi connectivity index (χ4v) is 4.00. The normalized spacial score (nSPS) is 12.0. The largest absolute Gasteiger partial charge is 0.679 e. The number of hydrogen-bond acceptors (Lipinski definition) is 4. The van der Waals surface area contributed by atoms with Crippen LogP contribution >= 0.6 is 0 Å². The molecule has 0 radical (unpaired) electrons. The molecule has 0 fully saturated rings. The van der Waals surface area contributed by atoms with Gasteiger partial charge in [0.15, 0.2) is 0 Å². The minimum atomic E-state index is -2.94. The molecular weight excluding hydrogens is 284 g/mol. The number of unbranched alkanes of at least 4 members (excludes halogenated alkanes) is 4. The fraction of sp³-hybridized carbons (Fsp3) is 1.00. The first-order valence-corrected chi connectivity index (χ1v) is 10.4. The third kappa shape index (κ3) is 11.3. The predicted molar refractivity (Wildman–Crippen MR) is 89.2 cm³/mol. The monoisotopic (exact) mass is 320 g/mol. The zero-order valence-corrected chi connectivity index (χ0v) is 15.6. The first-order valence-electron chi connectivity index (χ1n) is 8.80. The summed E-state index contributed by atoms with van der Waals surface area (Å²) in [6, 6.07) is 0. The summed E-state index contributed by atoms with van der Waals surface area (Å²) in [5.41, 5.74) is 0. The molecule has 21 heavy (non-hydrogen) atoms. The molecule has 128 valence electrons. The first kappa shape index (κ1) is 21.1. The van der Waals surface area contributed by atoms with E-state index in [0.29, 0.717) is 26.4 Å². The van der Waals surface area contributed by atoms with E-state index in [1.807, 2.05) is 0 Å². The van der Waals surface area contributed by atoms with E-state index in [1.165, 1.54) is 25.7 Å². The fourth-order valence-electron chi connectivity index (χ4n) is 1.80. The van der Waals surface area contributed by atoms with Gasteiger partial charge in [-0.3, -0.25) is 0 Å². The summed E-state index contributed by atoms with van der Waals surface area (Å²) in [6.07, 6.45) is 8.66. The van der Waals surface area contributed by atoms with Crippen molar-refractivity contribution >= 4 is 9.05 Å².